The van der Waals surface area contributed by atoms with Crippen LogP contribution in [0.5, 0.6) is 0 Å². The van der Waals surface area contributed by atoms with E-state index in [0.29, 0.717) is 23.8 Å². The van der Waals surface area contributed by atoms with Crippen LogP contribution in [0.3, 0.4) is 0 Å². The van der Waals surface area contributed by atoms with Crippen molar-refractivity contribution in [3.63, 3.8) is 0 Å². The van der Waals surface area contributed by atoms with Crippen molar-refractivity contribution < 1.29 is 9.59 Å². The quantitative estimate of drug-likeness (QED) is 0.256. The topological polar surface area (TPSA) is 96.8 Å². The van der Waals surface area contributed by atoms with Crippen LogP contribution in [0.1, 0.15) is 17.7 Å². The molecule has 0 saturated carbocycles. The molecule has 0 spiro atoms. The molecule has 1 N–H and O–H groups in total. The molecule has 2 aromatic heterocycles. The highest BCUT2D eigenvalue weighted by Gasteiger charge is 2.33. The van der Waals surface area contributed by atoms with E-state index in [-0.39, 0.29) is 23.7 Å². The molecule has 2 aromatic carbocycles. The van der Waals surface area contributed by atoms with Crippen molar-refractivity contribution in [2.45, 2.75) is 12.8 Å². The van der Waals surface area contributed by atoms with Crippen molar-refractivity contribution >= 4 is 35.0 Å². The Labute approximate surface area is 207 Å². The first-order valence-electron chi connectivity index (χ1n) is 11.1. The molecule has 8 nitrogen and oxygen atoms in total. The first-order chi connectivity index (χ1) is 17.0. The minimum Gasteiger partial charge on any atom is -0.344 e. The second-order valence-corrected chi connectivity index (χ2v) is 8.73. The zero-order valence-electron chi connectivity index (χ0n) is 19.0. The number of carbonyl (C=O) groups is 2. The van der Waals surface area contributed by atoms with Crippen LogP contribution in [-0.2, 0) is 23.1 Å². The van der Waals surface area contributed by atoms with Crippen molar-refractivity contribution in [3.05, 3.63) is 83.6 Å². The Morgan fingerprint density at radius 1 is 1.00 bits per heavy atom. The Balaban J connectivity index is 1.38. The number of Topliss-reactive ketones (excluding diaryl/α,β-unsaturated/α-hetero) is 1. The molecule has 1 saturated heterocycles. The van der Waals surface area contributed by atoms with E-state index in [2.05, 4.69) is 20.6 Å². The average molecular weight is 483 g/mol. The number of thiocarbonyl (C=S) groups is 1. The predicted octanol–water partition coefficient (Wildman–Crippen LogP) is 3.63. The van der Waals surface area contributed by atoms with Gasteiger partial charge < -0.3 is 9.47 Å². The van der Waals surface area contributed by atoms with Gasteiger partial charge in [-0.05, 0) is 41.0 Å². The average Bonchev–Trinajstić information content (AvgIpc) is 3.53. The van der Waals surface area contributed by atoms with E-state index in [1.165, 1.54) is 0 Å². The van der Waals surface area contributed by atoms with Gasteiger partial charge in [0.15, 0.2) is 5.78 Å². The third-order valence-electron chi connectivity index (χ3n) is 6.09. The molecule has 0 bridgehead atoms. The SMILES string of the molecule is Cn1c(/C=C2\C(=O)CC(=S)N(CCc3ccccc3)C2=O)ccc1-c1ccc(-c2nn[nH]n2)cc1. The van der Waals surface area contributed by atoms with Gasteiger partial charge >= 0.3 is 0 Å². The Morgan fingerprint density at radius 3 is 2.46 bits per heavy atom. The lowest BCUT2D eigenvalue weighted by molar-refractivity contribution is -0.127. The zero-order chi connectivity index (χ0) is 24.4. The second kappa shape index (κ2) is 9.55. The van der Waals surface area contributed by atoms with Crippen LogP contribution in [0.4, 0.5) is 0 Å². The van der Waals surface area contributed by atoms with Gasteiger partial charge in [-0.15, -0.1) is 10.2 Å². The lowest BCUT2D eigenvalue weighted by Crippen LogP contribution is -2.45. The van der Waals surface area contributed by atoms with Gasteiger partial charge in [-0.1, -0.05) is 66.8 Å². The number of rotatable bonds is 6. The summed E-state index contributed by atoms with van der Waals surface area (Å²) in [5.74, 6) is -0.0597. The summed E-state index contributed by atoms with van der Waals surface area (Å²) >= 11 is 5.39. The van der Waals surface area contributed by atoms with Gasteiger partial charge in [0.1, 0.15) is 0 Å². The van der Waals surface area contributed by atoms with E-state index in [0.717, 1.165) is 28.1 Å². The number of tetrazole rings is 1. The summed E-state index contributed by atoms with van der Waals surface area (Å²) in [6.07, 6.45) is 2.40. The fraction of sp³-hybridized carbons (Fsp3) is 0.154. The number of nitrogens with zero attached hydrogens (tertiary/aromatic N) is 5. The lowest BCUT2D eigenvalue weighted by Gasteiger charge is -2.28. The number of carbonyl (C=O) groups excluding carboxylic acids is 2. The highest BCUT2D eigenvalue weighted by atomic mass is 32.1. The number of H-pyrrole nitrogens is 1. The van der Waals surface area contributed by atoms with Crippen LogP contribution in [0.25, 0.3) is 28.7 Å². The number of aromatic amines is 1. The van der Waals surface area contributed by atoms with Crippen LogP contribution in [0.15, 0.2) is 72.3 Å². The van der Waals surface area contributed by atoms with E-state index in [4.69, 9.17) is 12.2 Å². The number of hydrogen-bond acceptors (Lipinski definition) is 6. The third-order valence-corrected chi connectivity index (χ3v) is 6.46. The molecule has 35 heavy (non-hydrogen) atoms. The molecule has 1 aliphatic heterocycles. The molecule has 3 heterocycles. The Bertz CT molecular complexity index is 1420. The van der Waals surface area contributed by atoms with Crippen molar-refractivity contribution in [2.75, 3.05) is 6.54 Å². The summed E-state index contributed by atoms with van der Waals surface area (Å²) < 4.78 is 1.96. The Hall–Kier alpha value is -4.24. The monoisotopic (exact) mass is 482 g/mol. The van der Waals surface area contributed by atoms with Crippen molar-refractivity contribution in [3.8, 4) is 22.6 Å². The van der Waals surface area contributed by atoms with Gasteiger partial charge in [-0.3, -0.25) is 9.59 Å². The highest BCUT2D eigenvalue weighted by Crippen LogP contribution is 2.27. The van der Waals surface area contributed by atoms with Crippen LogP contribution >= 0.6 is 12.2 Å². The fourth-order valence-corrected chi connectivity index (χ4v) is 4.45. The first kappa shape index (κ1) is 22.5. The number of nitrogens with one attached hydrogen (secondary N) is 1. The highest BCUT2D eigenvalue weighted by molar-refractivity contribution is 7.80. The largest absolute Gasteiger partial charge is 0.344 e. The normalized spacial score (nSPS) is 15.3. The van der Waals surface area contributed by atoms with E-state index in [9.17, 15) is 9.59 Å². The predicted molar refractivity (Wildman–Crippen MR) is 136 cm³/mol. The van der Waals surface area contributed by atoms with Crippen molar-refractivity contribution in [1.82, 2.24) is 30.1 Å². The number of benzene rings is 2. The van der Waals surface area contributed by atoms with Crippen LogP contribution < -0.4 is 0 Å². The molecular formula is C26H22N6O2S. The maximum Gasteiger partial charge on any atom is 0.262 e. The fourth-order valence-electron chi connectivity index (χ4n) is 4.14. The molecule has 0 aliphatic carbocycles. The van der Waals surface area contributed by atoms with Gasteiger partial charge in [0.2, 0.25) is 5.82 Å². The smallest absolute Gasteiger partial charge is 0.262 e. The second-order valence-electron chi connectivity index (χ2n) is 8.26. The summed E-state index contributed by atoms with van der Waals surface area (Å²) in [6, 6.07) is 21.6. The number of amides is 1. The molecule has 174 valence electrons. The third kappa shape index (κ3) is 4.58. The van der Waals surface area contributed by atoms with Crippen molar-refractivity contribution in [2.24, 2.45) is 7.05 Å². The molecule has 0 radical (unpaired) electrons. The molecule has 1 fully saturated rings. The first-order valence-corrected chi connectivity index (χ1v) is 11.6. The number of ketones is 1. The van der Waals surface area contributed by atoms with Crippen LogP contribution in [0, 0.1) is 0 Å². The molecule has 9 heteroatoms. The zero-order valence-corrected chi connectivity index (χ0v) is 19.8. The molecule has 4 aromatic rings. The van der Waals surface area contributed by atoms with Gasteiger partial charge in [0.25, 0.3) is 5.91 Å². The number of likely N-dealkylation sites (tertiary alicyclic amines) is 1. The number of piperidine rings is 1. The van der Waals surface area contributed by atoms with E-state index < -0.39 is 0 Å². The minimum atomic E-state index is -0.339. The maximum absolute atomic E-state index is 13.2. The van der Waals surface area contributed by atoms with Gasteiger partial charge in [-0.2, -0.15) is 5.21 Å². The standard InChI is InChI=1S/C26H22N6O2S/c1-31-20(11-12-22(31)18-7-9-19(10-8-18)25-27-29-30-28-25)15-21-23(33)16-24(35)32(26(21)34)14-13-17-5-3-2-4-6-17/h2-12,15H,13-14,16H2,1H3,(H,27,28,29,30)/b21-15+. The lowest BCUT2D eigenvalue weighted by atomic mass is 10.00. The Kier molecular flexibility index (Phi) is 6.15. The van der Waals surface area contributed by atoms with Crippen molar-refractivity contribution in [1.29, 1.82) is 0 Å². The van der Waals surface area contributed by atoms with Crippen LogP contribution in [0.2, 0.25) is 0 Å². The Morgan fingerprint density at radius 2 is 1.74 bits per heavy atom. The minimum absolute atomic E-state index is 0.0660. The summed E-state index contributed by atoms with van der Waals surface area (Å²) in [5, 5.41) is 14.0. The van der Waals surface area contributed by atoms with E-state index in [1.54, 1.807) is 11.0 Å². The molecule has 1 amide bonds. The van der Waals surface area contributed by atoms with E-state index in [1.807, 2.05) is 78.3 Å². The molecule has 5 rings (SSSR count). The van der Waals surface area contributed by atoms with Gasteiger partial charge in [0, 0.05) is 30.5 Å². The molecule has 0 atom stereocenters. The number of hydrogen-bond donors (Lipinski definition) is 1. The van der Waals surface area contributed by atoms with E-state index >= 15 is 0 Å². The molecular weight excluding hydrogens is 460 g/mol. The molecule has 1 aliphatic rings. The number of aromatic nitrogens is 5. The summed E-state index contributed by atoms with van der Waals surface area (Å²) in [4.78, 5) is 27.9. The molecule has 0 unspecified atom stereocenters. The summed E-state index contributed by atoms with van der Waals surface area (Å²) in [6.45, 7) is 0.442. The summed E-state index contributed by atoms with van der Waals surface area (Å²) in [5.41, 5.74) is 4.81. The van der Waals surface area contributed by atoms with Crippen LogP contribution in [-0.4, -0.2) is 53.3 Å². The summed E-state index contributed by atoms with van der Waals surface area (Å²) in [7, 11) is 1.91. The van der Waals surface area contributed by atoms with Gasteiger partial charge in [-0.25, -0.2) is 0 Å². The maximum atomic E-state index is 13.2. The van der Waals surface area contributed by atoms with Gasteiger partial charge in [0.05, 0.1) is 17.0 Å².